The zero-order chi connectivity index (χ0) is 13.6. The van der Waals surface area contributed by atoms with Gasteiger partial charge in [0.05, 0.1) is 19.3 Å². The van der Waals surface area contributed by atoms with Gasteiger partial charge in [-0.3, -0.25) is 4.90 Å². The minimum atomic E-state index is 0.216. The van der Waals surface area contributed by atoms with Gasteiger partial charge >= 0.3 is 0 Å². The standard InChI is InChI=1S/C14H22N4O2/c1-2-14(17-16-4-1)15-8-13-10-18(5-7-20-13)9-12-3-6-19-11-12/h1-2,4,12-13H,3,5-11H2,(H,15,17)/t12-,13-/m0/s1. The van der Waals surface area contributed by atoms with Crippen molar-refractivity contribution in [2.24, 2.45) is 5.92 Å². The van der Waals surface area contributed by atoms with E-state index in [1.807, 2.05) is 12.1 Å². The number of nitrogens with zero attached hydrogens (tertiary/aromatic N) is 3. The van der Waals surface area contributed by atoms with E-state index in [1.165, 1.54) is 6.42 Å². The average molecular weight is 278 g/mol. The zero-order valence-electron chi connectivity index (χ0n) is 11.7. The lowest BCUT2D eigenvalue weighted by atomic mass is 10.1. The first-order valence-electron chi connectivity index (χ1n) is 7.33. The second kappa shape index (κ2) is 6.97. The molecule has 2 atom stereocenters. The van der Waals surface area contributed by atoms with E-state index in [0.717, 1.165) is 51.8 Å². The maximum atomic E-state index is 5.81. The molecule has 0 amide bonds. The van der Waals surface area contributed by atoms with Crippen molar-refractivity contribution in [2.45, 2.75) is 12.5 Å². The molecule has 1 aromatic rings. The van der Waals surface area contributed by atoms with E-state index in [1.54, 1.807) is 6.20 Å². The molecule has 6 heteroatoms. The molecule has 0 unspecified atom stereocenters. The largest absolute Gasteiger partial charge is 0.381 e. The lowest BCUT2D eigenvalue weighted by Crippen LogP contribution is -2.47. The number of ether oxygens (including phenoxy) is 2. The Morgan fingerprint density at radius 3 is 3.20 bits per heavy atom. The van der Waals surface area contributed by atoms with Crippen LogP contribution in [0.3, 0.4) is 0 Å². The van der Waals surface area contributed by atoms with Crippen molar-refractivity contribution in [1.82, 2.24) is 15.1 Å². The number of hydrogen-bond donors (Lipinski definition) is 1. The smallest absolute Gasteiger partial charge is 0.148 e. The molecule has 110 valence electrons. The Balaban J connectivity index is 1.43. The first kappa shape index (κ1) is 13.7. The van der Waals surface area contributed by atoms with Crippen molar-refractivity contribution >= 4 is 5.82 Å². The summed E-state index contributed by atoms with van der Waals surface area (Å²) in [4.78, 5) is 2.49. The molecule has 2 aliphatic rings. The minimum absolute atomic E-state index is 0.216. The van der Waals surface area contributed by atoms with Gasteiger partial charge in [-0.15, -0.1) is 5.10 Å². The average Bonchev–Trinajstić information content (AvgIpc) is 3.00. The fourth-order valence-electron chi connectivity index (χ4n) is 2.78. The maximum Gasteiger partial charge on any atom is 0.148 e. The van der Waals surface area contributed by atoms with Crippen LogP contribution in [0.1, 0.15) is 6.42 Å². The molecule has 0 bridgehead atoms. The van der Waals surface area contributed by atoms with Crippen LogP contribution in [-0.4, -0.2) is 67.2 Å². The van der Waals surface area contributed by atoms with E-state index in [4.69, 9.17) is 9.47 Å². The van der Waals surface area contributed by atoms with Crippen molar-refractivity contribution in [3.05, 3.63) is 18.3 Å². The summed E-state index contributed by atoms with van der Waals surface area (Å²) in [6.07, 6.45) is 3.08. The van der Waals surface area contributed by atoms with Crippen LogP contribution in [0, 0.1) is 5.92 Å². The third-order valence-corrected chi connectivity index (χ3v) is 3.85. The molecule has 0 aromatic carbocycles. The van der Waals surface area contributed by atoms with Crippen molar-refractivity contribution in [2.75, 3.05) is 51.3 Å². The number of morpholine rings is 1. The van der Waals surface area contributed by atoms with E-state index in [0.29, 0.717) is 5.92 Å². The van der Waals surface area contributed by atoms with Crippen LogP contribution in [-0.2, 0) is 9.47 Å². The summed E-state index contributed by atoms with van der Waals surface area (Å²) >= 11 is 0. The van der Waals surface area contributed by atoms with Crippen molar-refractivity contribution in [3.8, 4) is 0 Å². The van der Waals surface area contributed by atoms with Crippen molar-refractivity contribution < 1.29 is 9.47 Å². The zero-order valence-corrected chi connectivity index (χ0v) is 11.7. The van der Waals surface area contributed by atoms with E-state index < -0.39 is 0 Å². The Labute approximate surface area is 119 Å². The summed E-state index contributed by atoms with van der Waals surface area (Å²) in [5, 5.41) is 11.2. The van der Waals surface area contributed by atoms with Crippen LogP contribution in [0.4, 0.5) is 5.82 Å². The lowest BCUT2D eigenvalue weighted by molar-refractivity contribution is -0.0261. The molecular formula is C14H22N4O2. The first-order valence-corrected chi connectivity index (χ1v) is 7.33. The second-order valence-corrected chi connectivity index (χ2v) is 5.47. The molecule has 2 saturated heterocycles. The number of hydrogen-bond acceptors (Lipinski definition) is 6. The molecule has 0 saturated carbocycles. The Morgan fingerprint density at radius 2 is 2.40 bits per heavy atom. The highest BCUT2D eigenvalue weighted by Crippen LogP contribution is 2.16. The molecule has 2 fully saturated rings. The predicted octanol–water partition coefficient (Wildman–Crippen LogP) is 0.626. The minimum Gasteiger partial charge on any atom is -0.381 e. The molecule has 3 rings (SSSR count). The SMILES string of the molecule is c1cnnc(NC[C@H]2CN(C[C@@H]3CCOC3)CCO2)c1. The Bertz CT molecular complexity index is 397. The van der Waals surface area contributed by atoms with Gasteiger partial charge in [-0.1, -0.05) is 0 Å². The Hall–Kier alpha value is -1.24. The lowest BCUT2D eigenvalue weighted by Gasteiger charge is -2.34. The van der Waals surface area contributed by atoms with E-state index in [-0.39, 0.29) is 6.10 Å². The summed E-state index contributed by atoms with van der Waals surface area (Å²) in [5.41, 5.74) is 0. The van der Waals surface area contributed by atoms with Gasteiger partial charge in [-0.2, -0.15) is 5.10 Å². The highest BCUT2D eigenvalue weighted by atomic mass is 16.5. The fourth-order valence-corrected chi connectivity index (χ4v) is 2.78. The van der Waals surface area contributed by atoms with Crippen LogP contribution in [0.25, 0.3) is 0 Å². The number of anilines is 1. The first-order chi connectivity index (χ1) is 9.90. The maximum absolute atomic E-state index is 5.81. The van der Waals surface area contributed by atoms with Gasteiger partial charge in [0.1, 0.15) is 5.82 Å². The molecular weight excluding hydrogens is 256 g/mol. The predicted molar refractivity (Wildman–Crippen MR) is 75.6 cm³/mol. The summed E-state index contributed by atoms with van der Waals surface area (Å²) < 4.78 is 11.3. The number of nitrogens with one attached hydrogen (secondary N) is 1. The van der Waals surface area contributed by atoms with E-state index in [2.05, 4.69) is 20.4 Å². The van der Waals surface area contributed by atoms with Crippen LogP contribution in [0.5, 0.6) is 0 Å². The third kappa shape index (κ3) is 3.88. The van der Waals surface area contributed by atoms with Crippen molar-refractivity contribution in [3.63, 3.8) is 0 Å². The van der Waals surface area contributed by atoms with Crippen LogP contribution < -0.4 is 5.32 Å². The topological polar surface area (TPSA) is 59.5 Å². The molecule has 1 aromatic heterocycles. The molecule has 20 heavy (non-hydrogen) atoms. The molecule has 1 N–H and O–H groups in total. The highest BCUT2D eigenvalue weighted by Gasteiger charge is 2.24. The monoisotopic (exact) mass is 278 g/mol. The van der Waals surface area contributed by atoms with E-state index in [9.17, 15) is 0 Å². The summed E-state index contributed by atoms with van der Waals surface area (Å²) in [5.74, 6) is 1.50. The van der Waals surface area contributed by atoms with Gasteiger partial charge < -0.3 is 14.8 Å². The van der Waals surface area contributed by atoms with Crippen LogP contribution in [0.15, 0.2) is 18.3 Å². The second-order valence-electron chi connectivity index (χ2n) is 5.47. The Kier molecular flexibility index (Phi) is 4.78. The number of aromatic nitrogens is 2. The van der Waals surface area contributed by atoms with Gasteiger partial charge in [-0.25, -0.2) is 0 Å². The van der Waals surface area contributed by atoms with Crippen LogP contribution >= 0.6 is 0 Å². The summed E-state index contributed by atoms with van der Waals surface area (Å²) in [6, 6.07) is 3.80. The molecule has 0 aliphatic carbocycles. The summed E-state index contributed by atoms with van der Waals surface area (Å²) in [7, 11) is 0. The third-order valence-electron chi connectivity index (χ3n) is 3.85. The quantitative estimate of drug-likeness (QED) is 0.852. The van der Waals surface area contributed by atoms with Gasteiger partial charge in [0.25, 0.3) is 0 Å². The van der Waals surface area contributed by atoms with Gasteiger partial charge in [0.2, 0.25) is 0 Å². The molecule has 2 aliphatic heterocycles. The number of rotatable bonds is 5. The molecule has 3 heterocycles. The fraction of sp³-hybridized carbons (Fsp3) is 0.714. The molecule has 0 radical (unpaired) electrons. The van der Waals surface area contributed by atoms with Crippen LogP contribution in [0.2, 0.25) is 0 Å². The highest BCUT2D eigenvalue weighted by molar-refractivity contribution is 5.31. The van der Waals surface area contributed by atoms with Gasteiger partial charge in [0.15, 0.2) is 0 Å². The van der Waals surface area contributed by atoms with Gasteiger partial charge in [-0.05, 0) is 24.5 Å². The normalized spacial score (nSPS) is 27.6. The van der Waals surface area contributed by atoms with E-state index >= 15 is 0 Å². The molecule has 6 nitrogen and oxygen atoms in total. The Morgan fingerprint density at radius 1 is 1.40 bits per heavy atom. The summed E-state index contributed by atoms with van der Waals surface area (Å²) in [6.45, 7) is 6.55. The van der Waals surface area contributed by atoms with Crippen molar-refractivity contribution in [1.29, 1.82) is 0 Å². The molecule has 0 spiro atoms. The van der Waals surface area contributed by atoms with Gasteiger partial charge in [0, 0.05) is 39.0 Å².